The summed E-state index contributed by atoms with van der Waals surface area (Å²) in [6.45, 7) is 0.455. The largest absolute Gasteiger partial charge is 0.334 e. The first-order valence-electron chi connectivity index (χ1n) is 6.43. The summed E-state index contributed by atoms with van der Waals surface area (Å²) in [5.41, 5.74) is 2.64. The van der Waals surface area contributed by atoms with Crippen molar-refractivity contribution in [3.05, 3.63) is 65.0 Å². The minimum atomic E-state index is -0.233. The second kappa shape index (κ2) is 5.97. The number of imidazole rings is 1. The molecule has 5 nitrogen and oxygen atoms in total. The summed E-state index contributed by atoms with van der Waals surface area (Å²) in [4.78, 5) is 16.0. The lowest BCUT2D eigenvalue weighted by molar-refractivity contribution is 0.251. The third-order valence-electron chi connectivity index (χ3n) is 3.01. The number of hydrogen-bond acceptors (Lipinski definition) is 2. The fourth-order valence-corrected chi connectivity index (χ4v) is 2.23. The van der Waals surface area contributed by atoms with E-state index in [1.807, 2.05) is 53.2 Å². The van der Waals surface area contributed by atoms with E-state index in [4.69, 9.17) is 0 Å². The van der Waals surface area contributed by atoms with Crippen LogP contribution in [0.5, 0.6) is 0 Å². The molecule has 0 fully saturated rings. The van der Waals surface area contributed by atoms with E-state index in [0.29, 0.717) is 6.54 Å². The first-order valence-corrected chi connectivity index (χ1v) is 7.22. The number of fused-ring (bicyclic) bond motifs is 1. The van der Waals surface area contributed by atoms with E-state index in [-0.39, 0.29) is 6.03 Å². The summed E-state index contributed by atoms with van der Waals surface area (Å²) < 4.78 is 2.89. The Labute approximate surface area is 130 Å². The molecule has 0 atom stereocenters. The molecule has 21 heavy (non-hydrogen) atoms. The zero-order valence-electron chi connectivity index (χ0n) is 11.1. The molecule has 0 saturated heterocycles. The smallest absolute Gasteiger partial charge is 0.319 e. The molecule has 2 amide bonds. The maximum absolute atomic E-state index is 11.8. The van der Waals surface area contributed by atoms with Crippen molar-refractivity contribution in [1.29, 1.82) is 0 Å². The summed E-state index contributed by atoms with van der Waals surface area (Å²) in [5.74, 6) is 0. The van der Waals surface area contributed by atoms with Gasteiger partial charge in [-0.3, -0.25) is 0 Å². The molecule has 0 radical (unpaired) electrons. The van der Waals surface area contributed by atoms with E-state index in [9.17, 15) is 4.79 Å². The fraction of sp³-hybridized carbons (Fsp3) is 0.0667. The fourth-order valence-electron chi connectivity index (χ4n) is 1.96. The number of nitrogens with zero attached hydrogens (tertiary/aromatic N) is 2. The number of pyridine rings is 1. The average Bonchev–Trinajstić information content (AvgIpc) is 2.95. The highest BCUT2D eigenvalue weighted by atomic mass is 79.9. The van der Waals surface area contributed by atoms with Gasteiger partial charge in [0.15, 0.2) is 0 Å². The van der Waals surface area contributed by atoms with Crippen LogP contribution in [0, 0.1) is 0 Å². The molecule has 6 heteroatoms. The van der Waals surface area contributed by atoms with Gasteiger partial charge in [-0.15, -0.1) is 0 Å². The van der Waals surface area contributed by atoms with Gasteiger partial charge in [-0.25, -0.2) is 9.78 Å². The van der Waals surface area contributed by atoms with E-state index in [0.717, 1.165) is 21.4 Å². The van der Waals surface area contributed by atoms with Crippen molar-refractivity contribution in [1.82, 2.24) is 14.7 Å². The average molecular weight is 345 g/mol. The highest BCUT2D eigenvalue weighted by molar-refractivity contribution is 9.10. The normalized spacial score (nSPS) is 10.5. The zero-order valence-corrected chi connectivity index (χ0v) is 12.7. The van der Waals surface area contributed by atoms with Crippen LogP contribution in [0.15, 0.2) is 59.5 Å². The maximum atomic E-state index is 11.8. The molecule has 0 spiro atoms. The van der Waals surface area contributed by atoms with Crippen molar-refractivity contribution in [3.8, 4) is 0 Å². The molecule has 2 N–H and O–H groups in total. The van der Waals surface area contributed by atoms with Crippen LogP contribution < -0.4 is 10.6 Å². The molecule has 0 saturated carbocycles. The van der Waals surface area contributed by atoms with Gasteiger partial charge in [0.1, 0.15) is 5.65 Å². The third-order valence-corrected chi connectivity index (χ3v) is 3.53. The van der Waals surface area contributed by atoms with Crippen LogP contribution in [-0.4, -0.2) is 15.4 Å². The number of halogens is 1. The molecular weight excluding hydrogens is 332 g/mol. The van der Waals surface area contributed by atoms with Crippen molar-refractivity contribution in [3.63, 3.8) is 0 Å². The van der Waals surface area contributed by atoms with Crippen LogP contribution in [0.2, 0.25) is 0 Å². The van der Waals surface area contributed by atoms with Crippen molar-refractivity contribution in [2.45, 2.75) is 6.54 Å². The molecule has 0 aliphatic rings. The summed E-state index contributed by atoms with van der Waals surface area (Å²) in [7, 11) is 0. The van der Waals surface area contributed by atoms with Crippen LogP contribution in [-0.2, 0) is 6.54 Å². The van der Waals surface area contributed by atoms with Crippen LogP contribution in [0.1, 0.15) is 5.56 Å². The molecule has 2 aromatic heterocycles. The number of anilines is 1. The lowest BCUT2D eigenvalue weighted by Gasteiger charge is -2.08. The van der Waals surface area contributed by atoms with Gasteiger partial charge in [-0.05, 0) is 35.9 Å². The first kappa shape index (κ1) is 13.6. The molecule has 0 aliphatic carbocycles. The van der Waals surface area contributed by atoms with Crippen molar-refractivity contribution in [2.75, 3.05) is 5.32 Å². The van der Waals surface area contributed by atoms with Crippen molar-refractivity contribution >= 4 is 33.3 Å². The molecule has 3 rings (SSSR count). The van der Waals surface area contributed by atoms with Gasteiger partial charge in [0.05, 0.1) is 0 Å². The molecule has 1 aromatic carbocycles. The number of carbonyl (C=O) groups excluding carboxylic acids is 1. The van der Waals surface area contributed by atoms with E-state index in [2.05, 4.69) is 31.5 Å². The Morgan fingerprint density at radius 2 is 2.00 bits per heavy atom. The Morgan fingerprint density at radius 1 is 1.19 bits per heavy atom. The van der Waals surface area contributed by atoms with Gasteiger partial charge in [-0.1, -0.05) is 22.0 Å². The topological polar surface area (TPSA) is 58.4 Å². The Balaban J connectivity index is 1.58. The third kappa shape index (κ3) is 3.41. The monoisotopic (exact) mass is 344 g/mol. The summed E-state index contributed by atoms with van der Waals surface area (Å²) in [6.07, 6.45) is 5.57. The predicted octanol–water partition coefficient (Wildman–Crippen LogP) is 3.42. The number of rotatable bonds is 3. The molecule has 3 aromatic rings. The Morgan fingerprint density at radius 3 is 2.81 bits per heavy atom. The summed E-state index contributed by atoms with van der Waals surface area (Å²) >= 11 is 3.35. The van der Waals surface area contributed by atoms with E-state index in [1.165, 1.54) is 0 Å². The Kier molecular flexibility index (Phi) is 3.87. The van der Waals surface area contributed by atoms with Gasteiger partial charge >= 0.3 is 6.03 Å². The number of urea groups is 1. The molecule has 0 unspecified atom stereocenters. The van der Waals surface area contributed by atoms with E-state index >= 15 is 0 Å². The SMILES string of the molecule is O=C(NCc1ccc2nccn2c1)Nc1ccc(Br)cc1. The van der Waals surface area contributed by atoms with Crippen molar-refractivity contribution < 1.29 is 4.79 Å². The van der Waals surface area contributed by atoms with Gasteiger partial charge in [0, 0.05) is 35.3 Å². The van der Waals surface area contributed by atoms with Gasteiger partial charge in [0.25, 0.3) is 0 Å². The number of carbonyl (C=O) groups is 1. The second-order valence-corrected chi connectivity index (χ2v) is 5.46. The molecule has 106 valence electrons. The minimum Gasteiger partial charge on any atom is -0.334 e. The second-order valence-electron chi connectivity index (χ2n) is 4.54. The molecule has 0 bridgehead atoms. The number of hydrogen-bond donors (Lipinski definition) is 2. The number of benzene rings is 1. The van der Waals surface area contributed by atoms with Crippen LogP contribution in [0.25, 0.3) is 5.65 Å². The number of amides is 2. The Hall–Kier alpha value is -2.34. The standard InChI is InChI=1S/C15H13BrN4O/c16-12-2-4-13(5-3-12)19-15(21)18-9-11-1-6-14-17-7-8-20(14)10-11/h1-8,10H,9H2,(H2,18,19,21). The van der Waals surface area contributed by atoms with Crippen LogP contribution in [0.4, 0.5) is 10.5 Å². The zero-order chi connectivity index (χ0) is 14.7. The maximum Gasteiger partial charge on any atom is 0.319 e. The highest BCUT2D eigenvalue weighted by Crippen LogP contribution is 2.13. The molecule has 2 heterocycles. The van der Waals surface area contributed by atoms with Gasteiger partial charge in [0.2, 0.25) is 0 Å². The quantitative estimate of drug-likeness (QED) is 0.764. The Bertz CT molecular complexity index is 767. The van der Waals surface area contributed by atoms with Crippen molar-refractivity contribution in [2.24, 2.45) is 0 Å². The lowest BCUT2D eigenvalue weighted by atomic mass is 10.3. The number of aromatic nitrogens is 2. The first-order chi connectivity index (χ1) is 10.2. The van der Waals surface area contributed by atoms with E-state index < -0.39 is 0 Å². The summed E-state index contributed by atoms with van der Waals surface area (Å²) in [6, 6.07) is 11.1. The van der Waals surface area contributed by atoms with Crippen LogP contribution >= 0.6 is 15.9 Å². The summed E-state index contributed by atoms with van der Waals surface area (Å²) in [5, 5.41) is 5.60. The lowest BCUT2D eigenvalue weighted by Crippen LogP contribution is -2.28. The molecule has 0 aliphatic heterocycles. The predicted molar refractivity (Wildman–Crippen MR) is 85.2 cm³/mol. The van der Waals surface area contributed by atoms with Gasteiger partial charge < -0.3 is 15.0 Å². The number of nitrogens with one attached hydrogen (secondary N) is 2. The minimum absolute atomic E-state index is 0.233. The van der Waals surface area contributed by atoms with Gasteiger partial charge in [-0.2, -0.15) is 0 Å². The highest BCUT2D eigenvalue weighted by Gasteiger charge is 2.02. The molecular formula is C15H13BrN4O. The van der Waals surface area contributed by atoms with E-state index in [1.54, 1.807) is 6.20 Å². The van der Waals surface area contributed by atoms with Crippen LogP contribution in [0.3, 0.4) is 0 Å².